The molecule has 1 aromatic heterocycles. The van der Waals surface area contributed by atoms with Crippen LogP contribution in [0.2, 0.25) is 0 Å². The number of nitrogens with zero attached hydrogens (tertiary/aromatic N) is 5. The zero-order chi connectivity index (χ0) is 24.3. The summed E-state index contributed by atoms with van der Waals surface area (Å²) in [6.45, 7) is 13.4. The van der Waals surface area contributed by atoms with Gasteiger partial charge in [-0.15, -0.1) is 0 Å². The third-order valence-corrected chi connectivity index (χ3v) is 6.45. The number of imidazole rings is 1. The summed E-state index contributed by atoms with van der Waals surface area (Å²) in [7, 11) is 0. The minimum atomic E-state index is -0.422. The van der Waals surface area contributed by atoms with E-state index < -0.39 is 5.54 Å². The monoisotopic (exact) mass is 460 g/mol. The molecule has 0 spiro atoms. The number of benzene rings is 1. The standard InChI is InChI=1S/C27H36N6O/c1-6-7-8-11-29-25(30-19(2)3)23-17-32-12-13-34-24-14-20(9-10-22(24)26(32)31-23)21-15-33(16-21)27(4,5)18-28/h8-11,14,17,19,21H,6-7,12-13,15-16H2,1-5H3,(H,29,30). The van der Waals surface area contributed by atoms with E-state index in [9.17, 15) is 5.26 Å². The smallest absolute Gasteiger partial charge is 0.153 e. The van der Waals surface area contributed by atoms with Crippen LogP contribution >= 0.6 is 0 Å². The Morgan fingerprint density at radius 3 is 2.88 bits per heavy atom. The minimum Gasteiger partial charge on any atom is -0.491 e. The predicted molar refractivity (Wildman–Crippen MR) is 136 cm³/mol. The fourth-order valence-corrected chi connectivity index (χ4v) is 4.31. The third kappa shape index (κ3) is 5.02. The fraction of sp³-hybridized carbons (Fsp3) is 0.519. The average Bonchev–Trinajstić information content (AvgIpc) is 3.11. The van der Waals surface area contributed by atoms with Gasteiger partial charge < -0.3 is 14.6 Å². The van der Waals surface area contributed by atoms with E-state index in [4.69, 9.17) is 14.7 Å². The molecule has 1 fully saturated rings. The molecule has 0 radical (unpaired) electrons. The van der Waals surface area contributed by atoms with Crippen LogP contribution in [0.5, 0.6) is 5.75 Å². The van der Waals surface area contributed by atoms with Gasteiger partial charge in [0.05, 0.1) is 18.2 Å². The van der Waals surface area contributed by atoms with E-state index >= 15 is 0 Å². The largest absolute Gasteiger partial charge is 0.491 e. The van der Waals surface area contributed by atoms with Crippen molar-refractivity contribution < 1.29 is 4.74 Å². The average molecular weight is 461 g/mol. The maximum atomic E-state index is 9.39. The van der Waals surface area contributed by atoms with Gasteiger partial charge in [-0.1, -0.05) is 25.5 Å². The summed E-state index contributed by atoms with van der Waals surface area (Å²) in [5.41, 5.74) is 2.69. The van der Waals surface area contributed by atoms with E-state index in [0.717, 1.165) is 61.1 Å². The molecule has 0 unspecified atom stereocenters. The second-order valence-electron chi connectivity index (χ2n) is 9.93. The predicted octanol–water partition coefficient (Wildman–Crippen LogP) is 4.70. The molecule has 2 aliphatic heterocycles. The molecule has 0 saturated carbocycles. The lowest BCUT2D eigenvalue weighted by atomic mass is 9.86. The maximum Gasteiger partial charge on any atom is 0.153 e. The second kappa shape index (κ2) is 10.0. The molecule has 7 nitrogen and oxygen atoms in total. The van der Waals surface area contributed by atoms with Gasteiger partial charge in [-0.3, -0.25) is 9.89 Å². The van der Waals surface area contributed by atoms with Crippen LogP contribution in [0.1, 0.15) is 64.6 Å². The maximum absolute atomic E-state index is 9.39. The van der Waals surface area contributed by atoms with E-state index in [-0.39, 0.29) is 6.04 Å². The lowest BCUT2D eigenvalue weighted by molar-refractivity contribution is 0.0696. The van der Waals surface area contributed by atoms with Gasteiger partial charge in [0.15, 0.2) is 5.84 Å². The van der Waals surface area contributed by atoms with Gasteiger partial charge in [-0.05, 0) is 58.0 Å². The highest BCUT2D eigenvalue weighted by molar-refractivity contribution is 5.98. The van der Waals surface area contributed by atoms with E-state index in [1.54, 1.807) is 0 Å². The van der Waals surface area contributed by atoms with Crippen LogP contribution in [-0.4, -0.2) is 51.6 Å². The van der Waals surface area contributed by atoms with E-state index in [2.05, 4.69) is 72.1 Å². The Labute approximate surface area is 203 Å². The van der Waals surface area contributed by atoms with Crippen LogP contribution in [-0.2, 0) is 6.54 Å². The number of aliphatic imine (C=N–C) groups is 1. The van der Waals surface area contributed by atoms with Crippen molar-refractivity contribution in [2.45, 2.75) is 71.5 Å². The molecule has 4 rings (SSSR count). The highest BCUT2D eigenvalue weighted by Crippen LogP contribution is 2.38. The van der Waals surface area contributed by atoms with Crippen LogP contribution in [0, 0.1) is 11.3 Å². The van der Waals surface area contributed by atoms with E-state index in [1.165, 1.54) is 5.56 Å². The molecule has 3 heterocycles. The number of unbranched alkanes of at least 4 members (excludes halogenated alkanes) is 1. The summed E-state index contributed by atoms with van der Waals surface area (Å²) in [5, 5.41) is 12.7. The highest BCUT2D eigenvalue weighted by atomic mass is 16.5. The number of aromatic nitrogens is 2. The van der Waals surface area contributed by atoms with Crippen LogP contribution < -0.4 is 10.1 Å². The molecule has 2 aliphatic rings. The number of hydrogen-bond acceptors (Lipinski definition) is 5. The first-order valence-corrected chi connectivity index (χ1v) is 12.3. The molecule has 0 atom stereocenters. The fourth-order valence-electron chi connectivity index (χ4n) is 4.31. The van der Waals surface area contributed by atoms with Crippen LogP contribution in [0.3, 0.4) is 0 Å². The Bertz CT molecular complexity index is 1110. The topological polar surface area (TPSA) is 78.5 Å². The molecule has 7 heteroatoms. The molecule has 34 heavy (non-hydrogen) atoms. The SMILES string of the molecule is CCCC=CNC(=NC(C)C)c1cn2c(n1)-c1ccc(C3CN(C(C)(C)C#N)C3)cc1OCC2. The van der Waals surface area contributed by atoms with Gasteiger partial charge in [0, 0.05) is 31.2 Å². The Morgan fingerprint density at radius 1 is 1.38 bits per heavy atom. The first-order chi connectivity index (χ1) is 16.3. The molecule has 0 bridgehead atoms. The first-order valence-electron chi connectivity index (χ1n) is 12.3. The van der Waals surface area contributed by atoms with E-state index in [0.29, 0.717) is 12.5 Å². The summed E-state index contributed by atoms with van der Waals surface area (Å²) in [6.07, 6.45) is 8.30. The molecule has 180 valence electrons. The molecule has 0 aliphatic carbocycles. The molecule has 1 aromatic carbocycles. The number of likely N-dealkylation sites (tertiary alicyclic amines) is 1. The van der Waals surface area contributed by atoms with Crippen molar-refractivity contribution in [1.29, 1.82) is 5.26 Å². The first kappa shape index (κ1) is 24.0. The number of rotatable bonds is 7. The second-order valence-corrected chi connectivity index (χ2v) is 9.93. The Balaban J connectivity index is 1.58. The zero-order valence-corrected chi connectivity index (χ0v) is 21.0. The molecular formula is C27H36N6O. The molecular weight excluding hydrogens is 424 g/mol. The van der Waals surface area contributed by atoms with Gasteiger partial charge >= 0.3 is 0 Å². The minimum absolute atomic E-state index is 0.162. The quantitative estimate of drug-likeness (QED) is 0.479. The lowest BCUT2D eigenvalue weighted by Crippen LogP contribution is -2.55. The van der Waals surface area contributed by atoms with Crippen molar-refractivity contribution in [2.24, 2.45) is 4.99 Å². The van der Waals surface area contributed by atoms with Crippen molar-refractivity contribution in [3.63, 3.8) is 0 Å². The van der Waals surface area contributed by atoms with Crippen LogP contribution in [0.25, 0.3) is 11.4 Å². The van der Waals surface area contributed by atoms with Crippen LogP contribution in [0.4, 0.5) is 0 Å². The van der Waals surface area contributed by atoms with Gasteiger partial charge in [0.2, 0.25) is 0 Å². The summed E-state index contributed by atoms with van der Waals surface area (Å²) < 4.78 is 8.30. The number of nitriles is 1. The Morgan fingerprint density at radius 2 is 2.18 bits per heavy atom. The van der Waals surface area contributed by atoms with E-state index in [1.807, 2.05) is 20.0 Å². The summed E-state index contributed by atoms with van der Waals surface area (Å²) >= 11 is 0. The third-order valence-electron chi connectivity index (χ3n) is 6.45. The lowest BCUT2D eigenvalue weighted by Gasteiger charge is -2.46. The van der Waals surface area contributed by atoms with Gasteiger partial charge in [-0.2, -0.15) is 5.26 Å². The Kier molecular flexibility index (Phi) is 7.08. The summed E-state index contributed by atoms with van der Waals surface area (Å²) in [4.78, 5) is 12.0. The molecule has 1 saturated heterocycles. The molecule has 2 aromatic rings. The number of amidine groups is 1. The highest BCUT2D eigenvalue weighted by Gasteiger charge is 2.38. The number of allylic oxidation sites excluding steroid dienone is 1. The summed E-state index contributed by atoms with van der Waals surface area (Å²) in [6, 6.07) is 9.03. The Hall–Kier alpha value is -3.11. The number of nitrogens with one attached hydrogen (secondary N) is 1. The van der Waals surface area contributed by atoms with Crippen molar-refractivity contribution in [3.8, 4) is 23.2 Å². The van der Waals surface area contributed by atoms with Crippen molar-refractivity contribution in [1.82, 2.24) is 19.8 Å². The van der Waals surface area contributed by atoms with Gasteiger partial charge in [0.25, 0.3) is 0 Å². The van der Waals surface area contributed by atoms with Crippen molar-refractivity contribution in [3.05, 3.63) is 47.9 Å². The molecule has 1 N–H and O–H groups in total. The number of ether oxygens (including phenoxy) is 1. The van der Waals surface area contributed by atoms with Crippen molar-refractivity contribution in [2.75, 3.05) is 19.7 Å². The van der Waals surface area contributed by atoms with Gasteiger partial charge in [-0.25, -0.2) is 4.98 Å². The number of hydrogen-bond donors (Lipinski definition) is 1. The molecule has 0 amide bonds. The van der Waals surface area contributed by atoms with Gasteiger partial charge in [0.1, 0.15) is 29.4 Å². The normalized spacial score (nSPS) is 17.0. The van der Waals surface area contributed by atoms with Crippen LogP contribution in [0.15, 0.2) is 41.7 Å². The number of fused-ring (bicyclic) bond motifs is 3. The zero-order valence-electron chi connectivity index (χ0n) is 21.0. The van der Waals surface area contributed by atoms with Crippen molar-refractivity contribution >= 4 is 5.84 Å². The summed E-state index contributed by atoms with van der Waals surface area (Å²) in [5.74, 6) is 3.00.